The molecular formula is C39H16B2F14N2O. The van der Waals surface area contributed by atoms with Gasteiger partial charge in [-0.2, -0.15) is 52.7 Å². The van der Waals surface area contributed by atoms with Crippen LogP contribution in [-0.2, 0) is 24.7 Å². The van der Waals surface area contributed by atoms with E-state index in [0.29, 0.717) is 48.5 Å². The summed E-state index contributed by atoms with van der Waals surface area (Å²) < 4.78 is 207. The Kier molecular flexibility index (Phi) is 7.78. The molecular weight excluding hydrogens is 800 g/mol. The summed E-state index contributed by atoms with van der Waals surface area (Å²) in [5.74, 6) is -2.15. The molecule has 0 saturated carbocycles. The van der Waals surface area contributed by atoms with Gasteiger partial charge in [0.2, 0.25) is 13.4 Å². The maximum Gasteiger partial charge on any atom is 0.415 e. The van der Waals surface area contributed by atoms with Gasteiger partial charge in [0.05, 0.1) is 33.6 Å². The zero-order valence-corrected chi connectivity index (χ0v) is 28.5. The van der Waals surface area contributed by atoms with Gasteiger partial charge in [-0.05, 0) is 62.4 Å². The minimum atomic E-state index is -5.39. The molecule has 0 aliphatic carbocycles. The number of hydrogen-bond acceptors (Lipinski definition) is 1. The van der Waals surface area contributed by atoms with E-state index < -0.39 is 112 Å². The van der Waals surface area contributed by atoms with E-state index in [-0.39, 0.29) is 32.6 Å². The first-order valence-electron chi connectivity index (χ1n) is 17.0. The topological polar surface area (TPSA) is 23.6 Å². The highest BCUT2D eigenvalue weighted by molar-refractivity contribution is 7.00. The molecule has 0 radical (unpaired) electrons. The molecule has 3 nitrogen and oxygen atoms in total. The Hall–Kier alpha value is -6.00. The van der Waals surface area contributed by atoms with E-state index in [9.17, 15) is 57.5 Å². The third-order valence-electron chi connectivity index (χ3n) is 10.7. The molecule has 0 unspecified atom stereocenters. The zero-order chi connectivity index (χ0) is 41.6. The van der Waals surface area contributed by atoms with Crippen molar-refractivity contribution in [3.8, 4) is 0 Å². The number of alkyl halides is 12. The lowest BCUT2D eigenvalue weighted by molar-refractivity contribution is -0.143. The lowest BCUT2D eigenvalue weighted by atomic mass is 9.32. The van der Waals surface area contributed by atoms with Crippen molar-refractivity contribution in [3.63, 3.8) is 0 Å². The number of fused-ring (bicyclic) bond motifs is 4. The number of carbonyl (C=O) groups is 1. The van der Waals surface area contributed by atoms with E-state index in [4.69, 9.17) is 0 Å². The Bertz CT molecular complexity index is 2530. The van der Waals surface area contributed by atoms with Gasteiger partial charge in [-0.1, -0.05) is 72.8 Å². The van der Waals surface area contributed by atoms with Crippen molar-refractivity contribution in [2.24, 2.45) is 0 Å². The van der Waals surface area contributed by atoms with E-state index in [1.54, 1.807) is 0 Å². The summed E-state index contributed by atoms with van der Waals surface area (Å²) in [5, 5.41) is -0.122. The molecule has 0 spiro atoms. The molecule has 58 heavy (non-hydrogen) atoms. The third-order valence-corrected chi connectivity index (χ3v) is 10.7. The van der Waals surface area contributed by atoms with Crippen molar-refractivity contribution in [2.45, 2.75) is 24.7 Å². The van der Waals surface area contributed by atoms with Crippen molar-refractivity contribution in [1.29, 1.82) is 0 Å². The molecule has 0 atom stereocenters. The smallest absolute Gasteiger partial charge is 0.263 e. The van der Waals surface area contributed by atoms with E-state index in [1.807, 2.05) is 0 Å². The van der Waals surface area contributed by atoms with Crippen LogP contribution in [0.1, 0.15) is 22.3 Å². The number of benzene rings is 6. The SMILES string of the molecule is O=C1N2c3cc(F)ccc3B(c3c(C(F)(F)F)cccc3C(F)(F)F)c3ccc4ccc5c(c4c32)N1c1cc(F)ccc1B5c1c(C(F)(F)F)cccc1C(F)(F)F. The summed E-state index contributed by atoms with van der Waals surface area (Å²) >= 11 is 0. The lowest BCUT2D eigenvalue weighted by Crippen LogP contribution is -2.66. The summed E-state index contributed by atoms with van der Waals surface area (Å²) in [6.45, 7) is -4.05. The first-order chi connectivity index (χ1) is 27.1. The third kappa shape index (κ3) is 5.34. The monoisotopic (exact) mass is 816 g/mol. The molecule has 3 aliphatic heterocycles. The first kappa shape index (κ1) is 37.6. The van der Waals surface area contributed by atoms with Crippen LogP contribution in [0.5, 0.6) is 0 Å². The Morgan fingerprint density at radius 3 is 1.09 bits per heavy atom. The fourth-order valence-electron chi connectivity index (χ4n) is 8.71. The fraction of sp³-hybridized carbons (Fsp3) is 0.103. The number of rotatable bonds is 2. The van der Waals surface area contributed by atoms with Crippen LogP contribution in [0.15, 0.2) is 97.1 Å². The van der Waals surface area contributed by atoms with Gasteiger partial charge in [0.25, 0.3) is 0 Å². The van der Waals surface area contributed by atoms with Crippen LogP contribution >= 0.6 is 0 Å². The maximum absolute atomic E-state index is 15.2. The first-order valence-corrected chi connectivity index (χ1v) is 17.0. The number of anilines is 4. The quantitative estimate of drug-likeness (QED) is 0.128. The van der Waals surface area contributed by atoms with E-state index in [1.165, 1.54) is 12.1 Å². The molecule has 0 aromatic heterocycles. The number of amides is 2. The Labute approximate surface area is 317 Å². The Morgan fingerprint density at radius 1 is 0.431 bits per heavy atom. The van der Waals surface area contributed by atoms with Crippen molar-refractivity contribution < 1.29 is 66.3 Å². The number of hydrogen-bond donors (Lipinski definition) is 0. The second kappa shape index (κ2) is 12.0. The number of nitrogens with zero attached hydrogens (tertiary/aromatic N) is 2. The van der Waals surface area contributed by atoms with Gasteiger partial charge in [0.1, 0.15) is 11.6 Å². The standard InChI is InChI=1S/C39H16B2F14N2O/c42-18-9-13-24-28(15-18)56-33-26(40(24)31-20(36(44,45)46)3-1-4-21(31)37(47,48)49)11-7-17-8-12-27-34(30(17)33)57(35(56)58)29-16-19(43)10-14-25(29)41(27)32-22(38(50,51)52)5-2-6-23(32)39(53,54)55/h1-16H. The van der Waals surface area contributed by atoms with Crippen molar-refractivity contribution in [3.05, 3.63) is 131 Å². The molecule has 9 rings (SSSR count). The van der Waals surface area contributed by atoms with Gasteiger partial charge in [0.15, 0.2) is 0 Å². The van der Waals surface area contributed by atoms with E-state index in [0.717, 1.165) is 46.2 Å². The largest absolute Gasteiger partial charge is 0.415 e. The molecule has 0 saturated heterocycles. The van der Waals surface area contributed by atoms with Crippen LogP contribution in [0.3, 0.4) is 0 Å². The highest BCUT2D eigenvalue weighted by Crippen LogP contribution is 2.48. The average Bonchev–Trinajstić information content (AvgIpc) is 3.13. The fourth-order valence-corrected chi connectivity index (χ4v) is 8.71. The minimum Gasteiger partial charge on any atom is -0.263 e. The molecule has 3 heterocycles. The molecule has 0 N–H and O–H groups in total. The Morgan fingerprint density at radius 2 is 0.759 bits per heavy atom. The van der Waals surface area contributed by atoms with Gasteiger partial charge in [-0.15, -0.1) is 0 Å². The van der Waals surface area contributed by atoms with Gasteiger partial charge in [-0.3, -0.25) is 9.80 Å². The average molecular weight is 816 g/mol. The summed E-state index contributed by atoms with van der Waals surface area (Å²) in [6.07, 6.45) is -21.6. The van der Waals surface area contributed by atoms with Crippen molar-refractivity contribution in [2.75, 3.05) is 9.80 Å². The highest BCUT2D eigenvalue weighted by Gasteiger charge is 2.53. The predicted octanol–water partition coefficient (Wildman–Crippen LogP) is 8.26. The van der Waals surface area contributed by atoms with Crippen LogP contribution < -0.4 is 42.6 Å². The second-order valence-corrected chi connectivity index (χ2v) is 13.9. The Balaban J connectivity index is 1.46. The molecule has 6 aromatic carbocycles. The van der Waals surface area contributed by atoms with Crippen LogP contribution in [0, 0.1) is 11.6 Å². The molecule has 19 heteroatoms. The highest BCUT2D eigenvalue weighted by atomic mass is 19.4. The van der Waals surface area contributed by atoms with Crippen LogP contribution in [0.4, 0.5) is 89.0 Å². The molecule has 292 valence electrons. The predicted molar refractivity (Wildman–Crippen MR) is 189 cm³/mol. The minimum absolute atomic E-state index is 0.0810. The summed E-state index contributed by atoms with van der Waals surface area (Å²) in [7, 11) is 0. The van der Waals surface area contributed by atoms with Crippen molar-refractivity contribution in [1.82, 2.24) is 0 Å². The van der Waals surface area contributed by atoms with E-state index in [2.05, 4.69) is 0 Å². The van der Waals surface area contributed by atoms with Crippen LogP contribution in [-0.4, -0.2) is 19.5 Å². The lowest BCUT2D eigenvalue weighted by Gasteiger charge is -2.46. The van der Waals surface area contributed by atoms with Gasteiger partial charge >= 0.3 is 30.7 Å². The zero-order valence-electron chi connectivity index (χ0n) is 28.5. The molecule has 0 bridgehead atoms. The van der Waals surface area contributed by atoms with Crippen LogP contribution in [0.25, 0.3) is 10.8 Å². The van der Waals surface area contributed by atoms with Gasteiger partial charge in [0, 0.05) is 16.8 Å². The summed E-state index contributed by atoms with van der Waals surface area (Å²) in [4.78, 5) is 16.6. The van der Waals surface area contributed by atoms with Crippen LogP contribution in [0.2, 0.25) is 0 Å². The molecule has 6 aromatic rings. The maximum atomic E-state index is 15.2. The molecule has 2 amide bonds. The van der Waals surface area contributed by atoms with E-state index >= 15 is 8.78 Å². The molecule has 3 aliphatic rings. The van der Waals surface area contributed by atoms with Gasteiger partial charge < -0.3 is 0 Å². The molecule has 0 fully saturated rings. The second-order valence-electron chi connectivity index (χ2n) is 13.9. The number of carbonyl (C=O) groups excluding carboxylic acids is 1. The normalized spacial score (nSPS) is 15.0. The number of halogens is 14. The van der Waals surface area contributed by atoms with Crippen molar-refractivity contribution >= 4 is 85.8 Å². The van der Waals surface area contributed by atoms with Gasteiger partial charge in [-0.25, -0.2) is 13.6 Å². The number of urea groups is 1. The summed E-state index contributed by atoms with van der Waals surface area (Å²) in [5.41, 5.74) is -12.8. The summed E-state index contributed by atoms with van der Waals surface area (Å²) in [6, 6.07) is 11.2.